The fraction of sp³-hybridized carbons (Fsp3) is 0.233. The van der Waals surface area contributed by atoms with Crippen LogP contribution < -0.4 is 10.1 Å². The minimum atomic E-state index is -0.936. The van der Waals surface area contributed by atoms with E-state index in [0.717, 1.165) is 48.2 Å². The van der Waals surface area contributed by atoms with Gasteiger partial charge in [0.25, 0.3) is 0 Å². The molecule has 4 nitrogen and oxygen atoms in total. The van der Waals surface area contributed by atoms with Gasteiger partial charge in [-0.15, -0.1) is 12.4 Å². The Bertz CT molecular complexity index is 1380. The second kappa shape index (κ2) is 13.2. The summed E-state index contributed by atoms with van der Waals surface area (Å²) < 4.78 is 33.8. The van der Waals surface area contributed by atoms with E-state index in [-0.39, 0.29) is 31.1 Å². The van der Waals surface area contributed by atoms with E-state index in [9.17, 15) is 13.6 Å². The molecule has 0 unspecified atom stereocenters. The third kappa shape index (κ3) is 7.75. The Labute approximate surface area is 221 Å². The van der Waals surface area contributed by atoms with Crippen LogP contribution in [0.2, 0.25) is 0 Å². The van der Waals surface area contributed by atoms with Gasteiger partial charge in [-0.05, 0) is 107 Å². The van der Waals surface area contributed by atoms with Crippen molar-refractivity contribution in [3.05, 3.63) is 101 Å². The van der Waals surface area contributed by atoms with Gasteiger partial charge in [-0.2, -0.15) is 0 Å². The van der Waals surface area contributed by atoms with E-state index in [1.54, 1.807) is 19.2 Å². The van der Waals surface area contributed by atoms with Gasteiger partial charge in [-0.3, -0.25) is 4.79 Å². The Morgan fingerprint density at radius 3 is 2.35 bits per heavy atom. The fourth-order valence-electron chi connectivity index (χ4n) is 4.40. The lowest BCUT2D eigenvalue weighted by atomic mass is 9.93. The molecule has 0 atom stereocenters. The molecule has 0 radical (unpaired) electrons. The number of fused-ring (bicyclic) bond motifs is 1. The van der Waals surface area contributed by atoms with Crippen molar-refractivity contribution in [2.24, 2.45) is 0 Å². The molecule has 4 rings (SSSR count). The maximum atomic E-state index is 14.5. The lowest BCUT2D eigenvalue weighted by molar-refractivity contribution is -0.136. The molecular formula is C30H30ClF2NO3. The fourth-order valence-corrected chi connectivity index (χ4v) is 4.40. The maximum Gasteiger partial charge on any atom is 0.303 e. The summed E-state index contributed by atoms with van der Waals surface area (Å²) >= 11 is 0. The molecule has 0 amide bonds. The predicted molar refractivity (Wildman–Crippen MR) is 146 cm³/mol. The van der Waals surface area contributed by atoms with Crippen molar-refractivity contribution in [1.29, 1.82) is 0 Å². The number of hydrogen-bond donors (Lipinski definition) is 2. The first-order valence-corrected chi connectivity index (χ1v) is 12.0. The van der Waals surface area contributed by atoms with E-state index in [0.29, 0.717) is 16.5 Å². The molecule has 4 aromatic rings. The summed E-state index contributed by atoms with van der Waals surface area (Å²) in [5.41, 5.74) is 4.19. The van der Waals surface area contributed by atoms with Crippen LogP contribution in [0.15, 0.2) is 72.8 Å². The van der Waals surface area contributed by atoms with Gasteiger partial charge in [0.15, 0.2) is 0 Å². The van der Waals surface area contributed by atoms with E-state index >= 15 is 0 Å². The first kappa shape index (κ1) is 28.1. The van der Waals surface area contributed by atoms with Crippen LogP contribution in [0.1, 0.15) is 23.1 Å². The second-order valence-electron chi connectivity index (χ2n) is 8.85. The number of nitrogens with one attached hydrogen (secondary N) is 1. The molecule has 0 aliphatic heterocycles. The van der Waals surface area contributed by atoms with Crippen molar-refractivity contribution in [3.8, 4) is 16.9 Å². The minimum Gasteiger partial charge on any atom is -0.497 e. The van der Waals surface area contributed by atoms with Gasteiger partial charge in [0, 0.05) is 6.42 Å². The van der Waals surface area contributed by atoms with E-state index in [1.165, 1.54) is 29.8 Å². The van der Waals surface area contributed by atoms with Crippen LogP contribution in [0, 0.1) is 11.6 Å². The second-order valence-corrected chi connectivity index (χ2v) is 8.85. The van der Waals surface area contributed by atoms with Crippen LogP contribution in [0.25, 0.3) is 21.9 Å². The van der Waals surface area contributed by atoms with E-state index in [4.69, 9.17) is 9.84 Å². The smallest absolute Gasteiger partial charge is 0.303 e. The molecule has 7 heteroatoms. The molecule has 0 aromatic heterocycles. The number of carbonyl (C=O) groups is 1. The summed E-state index contributed by atoms with van der Waals surface area (Å²) in [6.07, 6.45) is 1.77. The number of rotatable bonds is 11. The number of hydrogen-bond acceptors (Lipinski definition) is 3. The summed E-state index contributed by atoms with van der Waals surface area (Å²) in [6.45, 7) is 1.57. The zero-order valence-corrected chi connectivity index (χ0v) is 21.4. The number of benzene rings is 4. The SMILES string of the molecule is COc1cccc(CCNCCc2cc(-c3cc(F)cc(CCC(=O)O)c3)c3cc(F)ccc3c2)c1.Cl. The lowest BCUT2D eigenvalue weighted by Gasteiger charge is -2.13. The van der Waals surface area contributed by atoms with Gasteiger partial charge < -0.3 is 15.2 Å². The number of halogens is 3. The number of carboxylic acids is 1. The number of aliphatic carboxylic acids is 1. The van der Waals surface area contributed by atoms with Gasteiger partial charge in [-0.25, -0.2) is 8.78 Å². The van der Waals surface area contributed by atoms with Crippen molar-refractivity contribution in [1.82, 2.24) is 5.32 Å². The minimum absolute atomic E-state index is 0. The van der Waals surface area contributed by atoms with Gasteiger partial charge in [0.05, 0.1) is 7.11 Å². The van der Waals surface area contributed by atoms with Crippen LogP contribution in [-0.2, 0) is 24.1 Å². The van der Waals surface area contributed by atoms with Crippen LogP contribution in [0.3, 0.4) is 0 Å². The van der Waals surface area contributed by atoms with E-state index in [1.807, 2.05) is 30.3 Å². The highest BCUT2D eigenvalue weighted by atomic mass is 35.5. The average Bonchev–Trinajstić information content (AvgIpc) is 2.86. The Hall–Kier alpha value is -3.48. The monoisotopic (exact) mass is 525 g/mol. The highest BCUT2D eigenvalue weighted by Gasteiger charge is 2.11. The predicted octanol–water partition coefficient (Wildman–Crippen LogP) is 6.61. The summed E-state index contributed by atoms with van der Waals surface area (Å²) in [5.74, 6) is -0.898. The van der Waals surface area contributed by atoms with Crippen molar-refractivity contribution in [3.63, 3.8) is 0 Å². The van der Waals surface area contributed by atoms with Crippen LogP contribution in [-0.4, -0.2) is 31.3 Å². The normalized spacial score (nSPS) is 10.8. The molecule has 2 N–H and O–H groups in total. The molecule has 0 saturated carbocycles. The molecule has 0 aliphatic carbocycles. The summed E-state index contributed by atoms with van der Waals surface area (Å²) in [7, 11) is 1.66. The van der Waals surface area contributed by atoms with Crippen LogP contribution in [0.4, 0.5) is 8.78 Å². The topological polar surface area (TPSA) is 58.6 Å². The Morgan fingerprint density at radius 2 is 1.59 bits per heavy atom. The van der Waals surface area contributed by atoms with Crippen molar-refractivity contribution < 1.29 is 23.4 Å². The molecule has 0 saturated heterocycles. The standard InChI is InChI=1S/C30H29F2NO3.ClH/c1-36-27-4-2-3-20(16-27)9-11-33-12-10-22-13-23-6-7-25(31)19-29(23)28(17-22)24-14-21(5-8-30(34)35)15-26(32)18-24;/h2-4,6-7,13-19,33H,5,8-12H2,1H3,(H,34,35);1H. The Morgan fingerprint density at radius 1 is 0.838 bits per heavy atom. The van der Waals surface area contributed by atoms with Gasteiger partial charge in [0.2, 0.25) is 0 Å². The van der Waals surface area contributed by atoms with E-state index < -0.39 is 11.8 Å². The Balaban J connectivity index is 0.00000380. The van der Waals surface area contributed by atoms with Gasteiger partial charge in [0.1, 0.15) is 17.4 Å². The molecule has 0 bridgehead atoms. The van der Waals surface area contributed by atoms with Crippen LogP contribution in [0.5, 0.6) is 5.75 Å². The third-order valence-corrected chi connectivity index (χ3v) is 6.19. The first-order valence-electron chi connectivity index (χ1n) is 12.0. The number of carboxylic acid groups (broad SMARTS) is 1. The molecule has 0 fully saturated rings. The van der Waals surface area contributed by atoms with Gasteiger partial charge >= 0.3 is 5.97 Å². The van der Waals surface area contributed by atoms with Crippen molar-refractivity contribution >= 4 is 29.1 Å². The average molecular weight is 526 g/mol. The third-order valence-electron chi connectivity index (χ3n) is 6.19. The number of methoxy groups -OCH3 is 1. The quantitative estimate of drug-likeness (QED) is 0.216. The zero-order chi connectivity index (χ0) is 25.5. The first-order chi connectivity index (χ1) is 17.4. The zero-order valence-electron chi connectivity index (χ0n) is 20.6. The molecule has 0 heterocycles. The summed E-state index contributed by atoms with van der Waals surface area (Å²) in [6, 6.07) is 21.2. The molecule has 4 aromatic carbocycles. The van der Waals surface area contributed by atoms with Crippen LogP contribution >= 0.6 is 12.4 Å². The van der Waals surface area contributed by atoms with Gasteiger partial charge in [-0.1, -0.05) is 36.4 Å². The summed E-state index contributed by atoms with van der Waals surface area (Å²) in [4.78, 5) is 11.0. The summed E-state index contributed by atoms with van der Waals surface area (Å²) in [5, 5.41) is 14.0. The Kier molecular flexibility index (Phi) is 10.0. The van der Waals surface area contributed by atoms with Crippen molar-refractivity contribution in [2.75, 3.05) is 20.2 Å². The highest BCUT2D eigenvalue weighted by Crippen LogP contribution is 2.32. The molecule has 37 heavy (non-hydrogen) atoms. The van der Waals surface area contributed by atoms with E-state index in [2.05, 4.69) is 11.4 Å². The number of ether oxygens (including phenoxy) is 1. The van der Waals surface area contributed by atoms with Crippen molar-refractivity contribution in [2.45, 2.75) is 25.7 Å². The molecular weight excluding hydrogens is 496 g/mol. The number of aryl methyl sites for hydroxylation is 1. The molecule has 0 spiro atoms. The molecule has 194 valence electrons. The maximum absolute atomic E-state index is 14.5. The molecule has 0 aliphatic rings. The largest absolute Gasteiger partial charge is 0.497 e. The highest BCUT2D eigenvalue weighted by molar-refractivity contribution is 5.97. The lowest BCUT2D eigenvalue weighted by Crippen LogP contribution is -2.20.